The number of hydrogen-bond acceptors (Lipinski definition) is 9. The number of sulfonamides is 1. The third-order valence-electron chi connectivity index (χ3n) is 9.49. The van der Waals surface area contributed by atoms with Gasteiger partial charge in [0, 0.05) is 44.7 Å². The molecule has 0 saturated carbocycles. The molecular formula is C35H38FN5O6S. The van der Waals surface area contributed by atoms with Gasteiger partial charge in [0.25, 0.3) is 15.9 Å². The van der Waals surface area contributed by atoms with Gasteiger partial charge in [-0.1, -0.05) is 12.1 Å². The lowest BCUT2D eigenvalue weighted by Crippen LogP contribution is -2.59. The van der Waals surface area contributed by atoms with Gasteiger partial charge in [-0.05, 0) is 80.0 Å². The van der Waals surface area contributed by atoms with Crippen LogP contribution in [0.15, 0.2) is 65.6 Å². The fourth-order valence-corrected chi connectivity index (χ4v) is 8.71. The maximum Gasteiger partial charge on any atom is 0.271 e. The summed E-state index contributed by atoms with van der Waals surface area (Å²) < 4.78 is 56.4. The summed E-state index contributed by atoms with van der Waals surface area (Å²) in [6.45, 7) is 2.20. The molecule has 0 radical (unpaired) electrons. The predicted molar refractivity (Wildman–Crippen MR) is 176 cm³/mol. The van der Waals surface area contributed by atoms with Crippen LogP contribution in [0.5, 0.6) is 11.5 Å². The quantitative estimate of drug-likeness (QED) is 0.335. The number of hydrogen-bond donors (Lipinski definition) is 0. The van der Waals surface area contributed by atoms with E-state index in [-0.39, 0.29) is 46.0 Å². The second-order valence-electron chi connectivity index (χ2n) is 12.6. The zero-order chi connectivity index (χ0) is 34.4. The lowest BCUT2D eigenvalue weighted by Gasteiger charge is -2.42. The Morgan fingerprint density at radius 3 is 2.35 bits per heavy atom. The number of benzene rings is 3. The van der Waals surface area contributed by atoms with Gasteiger partial charge in [0.1, 0.15) is 17.7 Å². The molecule has 0 N–H and O–H groups in total. The lowest BCUT2D eigenvalue weighted by molar-refractivity contribution is -0.138. The lowest BCUT2D eigenvalue weighted by atomic mass is 9.80. The van der Waals surface area contributed by atoms with E-state index < -0.39 is 39.6 Å². The second kappa shape index (κ2) is 12.8. The van der Waals surface area contributed by atoms with Crippen LogP contribution in [0, 0.1) is 11.3 Å². The number of carbonyl (C=O) groups excluding carboxylic acids is 2. The summed E-state index contributed by atoms with van der Waals surface area (Å²) in [5.41, 5.74) is -0.606. The van der Waals surface area contributed by atoms with Gasteiger partial charge in [-0.3, -0.25) is 19.4 Å². The zero-order valence-electron chi connectivity index (χ0n) is 27.3. The molecule has 0 aromatic heterocycles. The van der Waals surface area contributed by atoms with Crippen molar-refractivity contribution >= 4 is 27.5 Å². The molecule has 252 valence electrons. The minimum atomic E-state index is -4.58. The Bertz CT molecular complexity index is 1890. The molecule has 3 aliphatic rings. The Balaban J connectivity index is 1.64. The van der Waals surface area contributed by atoms with E-state index >= 15 is 9.18 Å². The number of nitrogens with zero attached hydrogens (tertiary/aromatic N) is 5. The zero-order valence-corrected chi connectivity index (χ0v) is 28.2. The number of halogens is 1. The van der Waals surface area contributed by atoms with Gasteiger partial charge in [0.05, 0.1) is 42.5 Å². The molecular weight excluding hydrogens is 637 g/mol. The largest absolute Gasteiger partial charge is 0.497 e. The van der Waals surface area contributed by atoms with Crippen molar-refractivity contribution in [3.8, 4) is 17.6 Å². The Kier molecular flexibility index (Phi) is 8.93. The molecule has 3 aliphatic heterocycles. The van der Waals surface area contributed by atoms with E-state index in [1.807, 2.05) is 12.1 Å². The van der Waals surface area contributed by atoms with Crippen molar-refractivity contribution in [2.75, 3.05) is 52.3 Å². The number of carbonyl (C=O) groups is 2. The Morgan fingerprint density at radius 2 is 1.73 bits per heavy atom. The number of rotatable bonds is 9. The van der Waals surface area contributed by atoms with Crippen molar-refractivity contribution in [1.29, 1.82) is 5.26 Å². The summed E-state index contributed by atoms with van der Waals surface area (Å²) in [6.07, 6.45) is 0.493. The molecule has 3 aromatic carbocycles. The number of likely N-dealkylation sites (N-methyl/N-ethyl adjacent to an activating group) is 1. The van der Waals surface area contributed by atoms with Crippen molar-refractivity contribution < 1.29 is 31.9 Å². The average molecular weight is 676 g/mol. The Morgan fingerprint density at radius 1 is 1.02 bits per heavy atom. The second-order valence-corrected chi connectivity index (χ2v) is 14.3. The number of ether oxygens (including phenoxy) is 2. The molecule has 3 heterocycles. The van der Waals surface area contributed by atoms with Crippen molar-refractivity contribution in [3.05, 3.63) is 82.9 Å². The van der Waals surface area contributed by atoms with Crippen LogP contribution in [0.2, 0.25) is 0 Å². The number of methoxy groups -OCH3 is 2. The van der Waals surface area contributed by atoms with Crippen molar-refractivity contribution in [2.24, 2.45) is 0 Å². The van der Waals surface area contributed by atoms with E-state index in [0.717, 1.165) is 31.5 Å². The molecule has 0 spiro atoms. The van der Waals surface area contributed by atoms with Crippen LogP contribution in [0.4, 0.5) is 10.1 Å². The highest BCUT2D eigenvalue weighted by molar-refractivity contribution is 7.93. The van der Waals surface area contributed by atoms with Crippen molar-refractivity contribution in [1.82, 2.24) is 14.7 Å². The minimum Gasteiger partial charge on any atom is -0.497 e. The molecule has 48 heavy (non-hydrogen) atoms. The number of nitriles is 1. The molecule has 2 amide bonds. The van der Waals surface area contributed by atoms with E-state index in [0.29, 0.717) is 16.6 Å². The highest BCUT2D eigenvalue weighted by atomic mass is 32.2. The maximum absolute atomic E-state index is 15.6. The third-order valence-corrected chi connectivity index (χ3v) is 11.2. The first-order chi connectivity index (χ1) is 23.0. The number of fused-ring (bicyclic) bond motifs is 1. The molecule has 11 nitrogen and oxygen atoms in total. The number of anilines is 1. The molecule has 3 atom stereocenters. The van der Waals surface area contributed by atoms with Crippen LogP contribution < -0.4 is 13.8 Å². The normalized spacial score (nSPS) is 22.8. The van der Waals surface area contributed by atoms with Gasteiger partial charge in [0.15, 0.2) is 5.54 Å². The van der Waals surface area contributed by atoms with Crippen LogP contribution in [-0.4, -0.2) is 95.1 Å². The smallest absolute Gasteiger partial charge is 0.271 e. The van der Waals surface area contributed by atoms with Gasteiger partial charge < -0.3 is 14.4 Å². The summed E-state index contributed by atoms with van der Waals surface area (Å²) in [6, 6.07) is 16.2. The van der Waals surface area contributed by atoms with E-state index in [9.17, 15) is 18.5 Å². The standard InChI is InChI=1S/C35H38FN5O6S/c1-38(2)33(42)31-19-25(36)22-40(31)35(28-13-7-24(18-32(28)47-4)21-39-15-5-6-16-39)29-17-23(20-37)8-14-30(29)41(34(35)43)48(44,45)27-11-9-26(46-3)10-12-27/h7-14,17-18,25,31H,5-6,15-16,19,21-22H2,1-4H3. The van der Waals surface area contributed by atoms with E-state index in [4.69, 9.17) is 9.47 Å². The maximum atomic E-state index is 15.6. The summed E-state index contributed by atoms with van der Waals surface area (Å²) in [7, 11) is 1.42. The Labute approximate surface area is 280 Å². The first kappa shape index (κ1) is 33.4. The molecule has 13 heteroatoms. The highest BCUT2D eigenvalue weighted by Gasteiger charge is 2.64. The van der Waals surface area contributed by atoms with Gasteiger partial charge in [-0.2, -0.15) is 5.26 Å². The monoisotopic (exact) mass is 675 g/mol. The van der Waals surface area contributed by atoms with Gasteiger partial charge in [-0.15, -0.1) is 0 Å². The third kappa shape index (κ3) is 5.38. The summed E-state index contributed by atoms with van der Waals surface area (Å²) in [5.74, 6) is -0.679. The molecule has 0 aliphatic carbocycles. The van der Waals surface area contributed by atoms with Crippen molar-refractivity contribution in [2.45, 2.75) is 48.5 Å². The summed E-state index contributed by atoms with van der Waals surface area (Å²) >= 11 is 0. The molecule has 0 bridgehead atoms. The van der Waals surface area contributed by atoms with Crippen LogP contribution in [-0.2, 0) is 31.7 Å². The van der Waals surface area contributed by atoms with E-state index in [1.54, 1.807) is 20.2 Å². The summed E-state index contributed by atoms with van der Waals surface area (Å²) in [4.78, 5) is 34.0. The SMILES string of the molecule is COc1ccc(S(=O)(=O)N2C(=O)C(c3ccc(CN4CCCC4)cc3OC)(N3CC(F)CC3C(=O)N(C)C)c3cc(C#N)ccc32)cc1. The van der Waals surface area contributed by atoms with Gasteiger partial charge >= 0.3 is 0 Å². The van der Waals surface area contributed by atoms with Crippen LogP contribution in [0.1, 0.15) is 41.5 Å². The summed E-state index contributed by atoms with van der Waals surface area (Å²) in [5, 5.41) is 9.98. The van der Waals surface area contributed by atoms with Gasteiger partial charge in [-0.25, -0.2) is 17.1 Å². The average Bonchev–Trinajstić information content (AvgIpc) is 3.80. The fourth-order valence-electron chi connectivity index (χ4n) is 7.25. The molecule has 2 saturated heterocycles. The number of alkyl halides is 1. The number of amides is 2. The first-order valence-corrected chi connectivity index (χ1v) is 17.2. The predicted octanol–water partition coefficient (Wildman–Crippen LogP) is 3.65. The van der Waals surface area contributed by atoms with Crippen LogP contribution >= 0.6 is 0 Å². The molecule has 6 rings (SSSR count). The number of likely N-dealkylation sites (tertiary alicyclic amines) is 2. The Hall–Kier alpha value is -4.51. The van der Waals surface area contributed by atoms with Crippen LogP contribution in [0.3, 0.4) is 0 Å². The van der Waals surface area contributed by atoms with Crippen molar-refractivity contribution in [3.63, 3.8) is 0 Å². The van der Waals surface area contributed by atoms with E-state index in [2.05, 4.69) is 11.0 Å². The van der Waals surface area contributed by atoms with Gasteiger partial charge in [0.2, 0.25) is 5.91 Å². The fraction of sp³-hybridized carbons (Fsp3) is 0.400. The molecule has 3 aromatic rings. The topological polar surface area (TPSA) is 123 Å². The van der Waals surface area contributed by atoms with Crippen LogP contribution in [0.25, 0.3) is 0 Å². The molecule has 3 unspecified atom stereocenters. The first-order valence-electron chi connectivity index (χ1n) is 15.8. The highest BCUT2D eigenvalue weighted by Crippen LogP contribution is 2.55. The molecule has 2 fully saturated rings. The van der Waals surface area contributed by atoms with E-state index in [1.165, 1.54) is 66.5 Å². The minimum absolute atomic E-state index is 0.00336.